The summed E-state index contributed by atoms with van der Waals surface area (Å²) < 4.78 is 8.06. The number of likely N-dealkylation sites (tertiary alicyclic amines) is 2. The fourth-order valence-corrected chi connectivity index (χ4v) is 9.71. The fourth-order valence-electron chi connectivity index (χ4n) is 9.71. The van der Waals surface area contributed by atoms with Crippen molar-refractivity contribution in [3.63, 3.8) is 0 Å². The number of hydrogen-bond donors (Lipinski definition) is 2. The van der Waals surface area contributed by atoms with Gasteiger partial charge in [-0.15, -0.1) is 0 Å². The van der Waals surface area contributed by atoms with Gasteiger partial charge < -0.3 is 25.2 Å². The van der Waals surface area contributed by atoms with Gasteiger partial charge in [0.05, 0.1) is 22.6 Å². The third kappa shape index (κ3) is 7.25. The number of hydrogen-bond acceptors (Lipinski definition) is 12. The number of para-hydroxylation sites is 1. The summed E-state index contributed by atoms with van der Waals surface area (Å²) in [5.74, 6) is -0.223. The van der Waals surface area contributed by atoms with Crippen molar-refractivity contribution in [2.24, 2.45) is 0 Å². The third-order valence-electron chi connectivity index (χ3n) is 13.0. The van der Waals surface area contributed by atoms with Crippen LogP contribution in [-0.2, 0) is 9.59 Å². The number of imide groups is 2. The molecule has 2 atom stereocenters. The van der Waals surface area contributed by atoms with Gasteiger partial charge >= 0.3 is 6.03 Å². The lowest BCUT2D eigenvalue weighted by Gasteiger charge is -2.44. The molecule has 0 radical (unpaired) electrons. The van der Waals surface area contributed by atoms with Crippen molar-refractivity contribution in [3.8, 4) is 22.8 Å². The van der Waals surface area contributed by atoms with Gasteiger partial charge in [-0.1, -0.05) is 18.2 Å². The van der Waals surface area contributed by atoms with Crippen LogP contribution in [0.1, 0.15) is 65.3 Å². The van der Waals surface area contributed by atoms with Crippen molar-refractivity contribution in [1.29, 1.82) is 0 Å². The first-order valence-corrected chi connectivity index (χ1v) is 21.4. The number of nitrogens with one attached hydrogen (secondary N) is 1. The van der Waals surface area contributed by atoms with E-state index in [2.05, 4.69) is 25.1 Å². The van der Waals surface area contributed by atoms with Gasteiger partial charge in [0.2, 0.25) is 11.8 Å². The Kier molecular flexibility index (Phi) is 10.3. The van der Waals surface area contributed by atoms with Gasteiger partial charge in [0.15, 0.2) is 5.65 Å². The molecule has 10 rings (SSSR count). The largest absolute Gasteiger partial charge is 0.457 e. The van der Waals surface area contributed by atoms with Crippen LogP contribution in [0, 0.1) is 0 Å². The Bertz CT molecular complexity index is 2570. The van der Waals surface area contributed by atoms with E-state index >= 15 is 0 Å². The number of amides is 6. The number of nitrogens with zero attached hydrogens (tertiary/aromatic N) is 9. The highest BCUT2D eigenvalue weighted by Crippen LogP contribution is 2.36. The maximum atomic E-state index is 13.8. The number of aromatic nitrogens is 4. The number of urea groups is 1. The predicted octanol–water partition coefficient (Wildman–Crippen LogP) is 4.31. The Morgan fingerprint density at radius 1 is 0.742 bits per heavy atom. The molecule has 5 aromatic rings. The molecule has 0 saturated carbocycles. The molecule has 6 amide bonds. The van der Waals surface area contributed by atoms with Crippen LogP contribution in [0.2, 0.25) is 0 Å². The summed E-state index contributed by atoms with van der Waals surface area (Å²) in [6.45, 7) is 5.36. The monoisotopic (exact) mass is 837 g/mol. The molecule has 0 bridgehead atoms. The molecule has 0 aliphatic carbocycles. The van der Waals surface area contributed by atoms with Crippen LogP contribution in [0.4, 0.5) is 16.3 Å². The second-order valence-electron chi connectivity index (χ2n) is 16.6. The van der Waals surface area contributed by atoms with Crippen LogP contribution >= 0.6 is 0 Å². The second kappa shape index (κ2) is 16.2. The van der Waals surface area contributed by atoms with Gasteiger partial charge in [-0.05, 0) is 93.2 Å². The van der Waals surface area contributed by atoms with Crippen LogP contribution in [-0.4, -0.2) is 133 Å². The van der Waals surface area contributed by atoms with Gasteiger partial charge in [0, 0.05) is 69.5 Å². The Morgan fingerprint density at radius 3 is 2.23 bits per heavy atom. The number of carbonyl (C=O) groups is 5. The van der Waals surface area contributed by atoms with E-state index in [9.17, 15) is 24.0 Å². The molecule has 3 N–H and O–H groups in total. The van der Waals surface area contributed by atoms with E-state index in [4.69, 9.17) is 15.6 Å². The van der Waals surface area contributed by atoms with Gasteiger partial charge in [-0.2, -0.15) is 5.10 Å². The molecule has 0 spiro atoms. The van der Waals surface area contributed by atoms with Crippen molar-refractivity contribution >= 4 is 52.2 Å². The molecule has 318 valence electrons. The Morgan fingerprint density at radius 2 is 1.47 bits per heavy atom. The lowest BCUT2D eigenvalue weighted by atomic mass is 9.98. The van der Waals surface area contributed by atoms with Crippen LogP contribution in [0.25, 0.3) is 22.3 Å². The smallest absolute Gasteiger partial charge is 0.320 e. The third-order valence-corrected chi connectivity index (χ3v) is 13.0. The van der Waals surface area contributed by atoms with Gasteiger partial charge in [-0.25, -0.2) is 19.4 Å². The van der Waals surface area contributed by atoms with E-state index in [1.54, 1.807) is 12.1 Å². The summed E-state index contributed by atoms with van der Waals surface area (Å²) in [5, 5.41) is 8.12. The van der Waals surface area contributed by atoms with E-state index in [-0.39, 0.29) is 36.0 Å². The number of ether oxygens (including phenoxy) is 1. The molecule has 7 heterocycles. The number of nitrogen functional groups attached to an aromatic ring is 1. The Labute approximate surface area is 357 Å². The zero-order valence-electron chi connectivity index (χ0n) is 34.2. The first kappa shape index (κ1) is 39.3. The van der Waals surface area contributed by atoms with Crippen LogP contribution < -0.4 is 20.7 Å². The average Bonchev–Trinajstić information content (AvgIpc) is 3.82. The maximum Gasteiger partial charge on any atom is 0.320 e. The molecule has 62 heavy (non-hydrogen) atoms. The summed E-state index contributed by atoms with van der Waals surface area (Å²) in [6.07, 6.45) is 5.42. The number of piperazine rings is 1. The number of fused-ring (bicyclic) bond motifs is 2. The van der Waals surface area contributed by atoms with Crippen molar-refractivity contribution in [1.82, 2.24) is 44.7 Å². The Hall–Kier alpha value is -6.88. The second-order valence-corrected chi connectivity index (χ2v) is 16.6. The van der Waals surface area contributed by atoms with Crippen LogP contribution in [0.15, 0.2) is 79.1 Å². The van der Waals surface area contributed by atoms with Crippen LogP contribution in [0.3, 0.4) is 0 Å². The molecule has 4 saturated heterocycles. The minimum Gasteiger partial charge on any atom is -0.457 e. The molecule has 2 unspecified atom stereocenters. The number of benzene rings is 3. The van der Waals surface area contributed by atoms with Gasteiger partial charge in [0.1, 0.15) is 35.4 Å². The summed E-state index contributed by atoms with van der Waals surface area (Å²) >= 11 is 0. The van der Waals surface area contributed by atoms with Gasteiger partial charge in [0.25, 0.3) is 11.8 Å². The summed E-state index contributed by atoms with van der Waals surface area (Å²) in [5.41, 5.74) is 10.1. The van der Waals surface area contributed by atoms with E-state index in [0.29, 0.717) is 51.1 Å². The van der Waals surface area contributed by atoms with Crippen molar-refractivity contribution < 1.29 is 28.7 Å². The molecule has 3 aromatic carbocycles. The number of anilines is 2. The lowest BCUT2D eigenvalue weighted by molar-refractivity contribution is -0.136. The average molecular weight is 838 g/mol. The summed E-state index contributed by atoms with van der Waals surface area (Å²) in [4.78, 5) is 83.0. The molecular weight excluding hydrogens is 791 g/mol. The Balaban J connectivity index is 0.745. The SMILES string of the molecule is Nc1ncnc2c1c(-c1ccc(Oc3ccccc3)cc1)nn2C1CCCN(C2CCN(C(=O)N3CCN(c4ccc5c(c4)C(=O)N(C4CCC(=O)NC4=O)C5=O)CC3)CC2)C1. The molecule has 5 aliphatic rings. The van der Waals surface area contributed by atoms with Crippen molar-refractivity contribution in [3.05, 3.63) is 90.3 Å². The highest BCUT2D eigenvalue weighted by Gasteiger charge is 2.45. The summed E-state index contributed by atoms with van der Waals surface area (Å²) in [6, 6.07) is 22.1. The molecule has 5 aliphatic heterocycles. The van der Waals surface area contributed by atoms with E-state index in [1.807, 2.05) is 75.1 Å². The normalized spacial score (nSPS) is 21.4. The number of carbonyl (C=O) groups excluding carboxylic acids is 5. The lowest BCUT2D eigenvalue weighted by Crippen LogP contribution is -2.56. The van der Waals surface area contributed by atoms with E-state index in [0.717, 1.165) is 83.1 Å². The highest BCUT2D eigenvalue weighted by molar-refractivity contribution is 6.23. The van der Waals surface area contributed by atoms with Crippen LogP contribution in [0.5, 0.6) is 11.5 Å². The van der Waals surface area contributed by atoms with Gasteiger partial charge in [-0.3, -0.25) is 34.3 Å². The zero-order valence-corrected chi connectivity index (χ0v) is 34.2. The van der Waals surface area contributed by atoms with E-state index in [1.165, 1.54) is 6.33 Å². The van der Waals surface area contributed by atoms with Crippen molar-refractivity contribution in [2.45, 2.75) is 56.7 Å². The summed E-state index contributed by atoms with van der Waals surface area (Å²) in [7, 11) is 0. The molecule has 17 nitrogen and oxygen atoms in total. The predicted molar refractivity (Wildman–Crippen MR) is 228 cm³/mol. The standard InChI is InChI=1S/C45H47N11O6/c46-40-38-39(28-8-11-33(12-9-28)62-32-6-2-1-3-7-32)50-56(41(38)48-27-47-40)31-5-4-18-54(26-31)29-16-19-52(20-17-29)45(61)53-23-21-51(22-24-53)30-10-13-34-35(25-30)44(60)55(43(34)59)36-14-15-37(57)49-42(36)58/h1-3,6-13,25,27,29,31,36H,4-5,14-24,26H2,(H2,46,47,48)(H,49,57,58). The number of nitrogens with two attached hydrogens (primary N) is 1. The minimum atomic E-state index is -1.01. The highest BCUT2D eigenvalue weighted by atomic mass is 16.5. The first-order chi connectivity index (χ1) is 30.2. The molecular formula is C45H47N11O6. The molecule has 4 fully saturated rings. The quantitative estimate of drug-likeness (QED) is 0.221. The topological polar surface area (TPSA) is 192 Å². The van der Waals surface area contributed by atoms with E-state index < -0.39 is 29.7 Å². The fraction of sp³-hybridized carbons (Fsp3) is 0.378. The molecule has 17 heteroatoms. The number of piperidine rings is 3. The van der Waals surface area contributed by atoms with Crippen molar-refractivity contribution in [2.75, 3.05) is 63.0 Å². The number of rotatable bonds is 7. The minimum absolute atomic E-state index is 0.0432. The zero-order chi connectivity index (χ0) is 42.5. The maximum absolute atomic E-state index is 13.8. The first-order valence-electron chi connectivity index (χ1n) is 21.4. The molecule has 2 aromatic heterocycles.